The minimum absolute atomic E-state index is 0.192. The first-order chi connectivity index (χ1) is 12.5. The number of carbonyl (C=O) groups excluding carboxylic acids is 1. The Kier molecular flexibility index (Phi) is 5.27. The number of rotatable bonds is 5. The highest BCUT2D eigenvalue weighted by Gasteiger charge is 2.26. The molecule has 6 nitrogen and oxygen atoms in total. The van der Waals surface area contributed by atoms with Crippen molar-refractivity contribution < 1.29 is 19.1 Å². The van der Waals surface area contributed by atoms with Crippen molar-refractivity contribution in [2.24, 2.45) is 0 Å². The van der Waals surface area contributed by atoms with E-state index < -0.39 is 11.2 Å². The van der Waals surface area contributed by atoms with E-state index in [1.165, 1.54) is 4.68 Å². The highest BCUT2D eigenvalue weighted by molar-refractivity contribution is 8.00. The molecule has 0 aliphatic carbocycles. The van der Waals surface area contributed by atoms with Gasteiger partial charge in [0.15, 0.2) is 5.95 Å². The average Bonchev–Trinajstić information content (AvgIpc) is 2.98. The molecule has 1 heterocycles. The third-order valence-corrected chi connectivity index (χ3v) is 5.00. The van der Waals surface area contributed by atoms with Gasteiger partial charge < -0.3 is 14.9 Å². The Morgan fingerprint density at radius 2 is 1.96 bits per heavy atom. The van der Waals surface area contributed by atoms with Crippen LogP contribution in [0.25, 0.3) is 5.69 Å². The van der Waals surface area contributed by atoms with Crippen LogP contribution in [-0.2, 0) is 4.79 Å². The zero-order valence-electron chi connectivity index (χ0n) is 14.7. The Labute approximate surface area is 155 Å². The van der Waals surface area contributed by atoms with E-state index in [0.717, 1.165) is 28.6 Å². The first-order valence-corrected chi connectivity index (χ1v) is 9.03. The number of nitrogens with zero attached hydrogens (tertiary/aromatic N) is 2. The molecule has 7 heteroatoms. The summed E-state index contributed by atoms with van der Waals surface area (Å²) in [5.41, 5.74) is 3.58. The summed E-state index contributed by atoms with van der Waals surface area (Å²) < 4.78 is 6.20. The topological polar surface area (TPSA) is 82.1 Å². The summed E-state index contributed by atoms with van der Waals surface area (Å²) in [4.78, 5) is 12.5. The molecule has 0 fully saturated rings. The molecule has 0 radical (unpaired) electrons. The van der Waals surface area contributed by atoms with E-state index in [-0.39, 0.29) is 10.9 Å². The van der Waals surface area contributed by atoms with Crippen LogP contribution >= 0.6 is 11.8 Å². The molecule has 0 bridgehead atoms. The van der Waals surface area contributed by atoms with Crippen molar-refractivity contribution in [2.45, 2.75) is 31.0 Å². The predicted octanol–water partition coefficient (Wildman–Crippen LogP) is 2.76. The molecule has 3 aromatic rings. The standard InChI is InChI=1S/C19H19N3O3S/c1-12-9-10-16(13(2)11-12)20-17(23)14(3)26-18-19(24)25-21-22(18)15-7-5-4-6-8-15/h4-11,14H,1-3H3,(H-,20,21,23,24). The average molecular weight is 369 g/mol. The van der Waals surface area contributed by atoms with Crippen LogP contribution in [0.3, 0.4) is 0 Å². The molecule has 1 amide bonds. The number of aryl methyl sites for hydroxylation is 2. The molecule has 3 rings (SSSR count). The Morgan fingerprint density at radius 3 is 2.65 bits per heavy atom. The number of hydrogen-bond acceptors (Lipinski definition) is 5. The van der Waals surface area contributed by atoms with Crippen molar-refractivity contribution in [3.63, 3.8) is 0 Å². The van der Waals surface area contributed by atoms with Crippen LogP contribution in [0, 0.1) is 13.8 Å². The third-order valence-electron chi connectivity index (χ3n) is 3.87. The van der Waals surface area contributed by atoms with Gasteiger partial charge in [-0.05, 0) is 48.8 Å². The molecule has 1 N–H and O–H groups in total. The molecule has 0 aliphatic rings. The minimum Gasteiger partial charge on any atom is -0.538 e. The molecule has 26 heavy (non-hydrogen) atoms. The van der Waals surface area contributed by atoms with Crippen molar-refractivity contribution in [3.05, 3.63) is 59.7 Å². The molecule has 1 aromatic heterocycles. The summed E-state index contributed by atoms with van der Waals surface area (Å²) in [5.74, 6) is -0.757. The van der Waals surface area contributed by atoms with Crippen LogP contribution in [0.15, 0.2) is 58.1 Å². The minimum atomic E-state index is -0.565. The van der Waals surface area contributed by atoms with Gasteiger partial charge in [-0.25, -0.2) is 0 Å². The van der Waals surface area contributed by atoms with Crippen molar-refractivity contribution in [3.8, 4) is 11.6 Å². The number of carbonyl (C=O) groups is 1. The summed E-state index contributed by atoms with van der Waals surface area (Å²) in [5, 5.41) is 18.5. The van der Waals surface area contributed by atoms with Crippen LogP contribution < -0.4 is 15.1 Å². The maximum Gasteiger partial charge on any atom is 0.298 e. The van der Waals surface area contributed by atoms with Crippen LogP contribution in [0.4, 0.5) is 5.69 Å². The smallest absolute Gasteiger partial charge is 0.298 e. The SMILES string of the molecule is Cc1ccc(NC(=O)C(C)Sc2c([O-])on[n+]2-c2ccccc2)c(C)c1. The van der Waals surface area contributed by atoms with Gasteiger partial charge >= 0.3 is 0 Å². The van der Waals surface area contributed by atoms with Gasteiger partial charge in [0.2, 0.25) is 11.6 Å². The van der Waals surface area contributed by atoms with Crippen LogP contribution in [-0.4, -0.2) is 16.4 Å². The molecular weight excluding hydrogens is 350 g/mol. The molecule has 1 atom stereocenters. The van der Waals surface area contributed by atoms with Gasteiger partial charge in [-0.3, -0.25) is 4.79 Å². The van der Waals surface area contributed by atoms with Gasteiger partial charge in [0.1, 0.15) is 0 Å². The lowest BCUT2D eigenvalue weighted by molar-refractivity contribution is -0.705. The molecule has 0 saturated heterocycles. The number of nitrogens with one attached hydrogen (secondary N) is 1. The summed E-state index contributed by atoms with van der Waals surface area (Å²) in [6.45, 7) is 5.69. The quantitative estimate of drug-likeness (QED) is 0.552. The summed E-state index contributed by atoms with van der Waals surface area (Å²) in [6.07, 6.45) is 0. The van der Waals surface area contributed by atoms with Crippen LogP contribution in [0.5, 0.6) is 5.95 Å². The fourth-order valence-electron chi connectivity index (χ4n) is 2.48. The normalized spacial score (nSPS) is 12.0. The Hall–Kier alpha value is -2.80. The molecule has 0 spiro atoms. The number of aromatic nitrogens is 2. The lowest BCUT2D eigenvalue weighted by atomic mass is 10.1. The van der Waals surface area contributed by atoms with Crippen LogP contribution in [0.2, 0.25) is 0 Å². The van der Waals surface area contributed by atoms with Crippen LogP contribution in [0.1, 0.15) is 18.1 Å². The van der Waals surface area contributed by atoms with Gasteiger partial charge in [0, 0.05) is 17.8 Å². The highest BCUT2D eigenvalue weighted by atomic mass is 32.2. The molecule has 2 aromatic carbocycles. The zero-order chi connectivity index (χ0) is 18.7. The largest absolute Gasteiger partial charge is 0.538 e. The van der Waals surface area contributed by atoms with E-state index in [1.54, 1.807) is 6.92 Å². The number of para-hydroxylation sites is 1. The van der Waals surface area contributed by atoms with E-state index in [4.69, 9.17) is 4.52 Å². The Bertz CT molecular complexity index is 925. The molecule has 1 unspecified atom stereocenters. The molecule has 134 valence electrons. The summed E-state index contributed by atoms with van der Waals surface area (Å²) >= 11 is 1.12. The second-order valence-electron chi connectivity index (χ2n) is 5.98. The second kappa shape index (κ2) is 7.61. The van der Waals surface area contributed by atoms with E-state index in [9.17, 15) is 9.90 Å². The van der Waals surface area contributed by atoms with E-state index in [1.807, 2.05) is 62.4 Å². The molecule has 0 aliphatic heterocycles. The van der Waals surface area contributed by atoms with Gasteiger partial charge in [-0.1, -0.05) is 35.9 Å². The van der Waals surface area contributed by atoms with Crippen molar-refractivity contribution in [1.82, 2.24) is 5.27 Å². The Balaban J connectivity index is 1.77. The van der Waals surface area contributed by atoms with Crippen molar-refractivity contribution in [2.75, 3.05) is 5.32 Å². The van der Waals surface area contributed by atoms with E-state index in [2.05, 4.69) is 10.6 Å². The maximum atomic E-state index is 12.5. The lowest BCUT2D eigenvalue weighted by Gasteiger charge is -2.12. The fraction of sp³-hybridized carbons (Fsp3) is 0.211. The highest BCUT2D eigenvalue weighted by Crippen LogP contribution is 2.28. The zero-order valence-corrected chi connectivity index (χ0v) is 15.5. The lowest BCUT2D eigenvalue weighted by Crippen LogP contribution is -2.36. The van der Waals surface area contributed by atoms with Gasteiger partial charge in [-0.2, -0.15) is 0 Å². The van der Waals surface area contributed by atoms with E-state index in [0.29, 0.717) is 5.69 Å². The number of anilines is 1. The summed E-state index contributed by atoms with van der Waals surface area (Å²) in [6, 6.07) is 15.0. The first kappa shape index (κ1) is 18.0. The second-order valence-corrected chi connectivity index (χ2v) is 7.31. The van der Waals surface area contributed by atoms with Gasteiger partial charge in [-0.15, -0.1) is 0 Å². The summed E-state index contributed by atoms with van der Waals surface area (Å²) in [7, 11) is 0. The monoisotopic (exact) mass is 369 g/mol. The van der Waals surface area contributed by atoms with Crippen molar-refractivity contribution in [1.29, 1.82) is 0 Å². The number of thioether (sulfide) groups is 1. The Morgan fingerprint density at radius 1 is 1.23 bits per heavy atom. The maximum absolute atomic E-state index is 12.5. The number of amides is 1. The van der Waals surface area contributed by atoms with Gasteiger partial charge in [0.05, 0.1) is 10.5 Å². The van der Waals surface area contributed by atoms with Crippen molar-refractivity contribution >= 4 is 23.4 Å². The third kappa shape index (κ3) is 3.88. The van der Waals surface area contributed by atoms with Gasteiger partial charge in [0.25, 0.3) is 5.03 Å². The predicted molar refractivity (Wildman–Crippen MR) is 97.3 cm³/mol. The van der Waals surface area contributed by atoms with E-state index >= 15 is 0 Å². The first-order valence-electron chi connectivity index (χ1n) is 8.15. The number of benzene rings is 2. The molecular formula is C19H19N3O3S. The fourth-order valence-corrected chi connectivity index (χ4v) is 3.35. The molecule has 0 saturated carbocycles. The number of hydrogen-bond donors (Lipinski definition) is 1.